The molecule has 3 heterocycles. The third-order valence-electron chi connectivity index (χ3n) is 1.77. The van der Waals surface area contributed by atoms with Crippen molar-refractivity contribution >= 4 is 11.9 Å². The van der Waals surface area contributed by atoms with Crippen LogP contribution in [-0.4, -0.2) is 35.1 Å². The number of aliphatic carboxylic acids is 1. The second-order valence-electron chi connectivity index (χ2n) is 3.17. The number of hydrogen-bond donors (Lipinski definition) is 2. The van der Waals surface area contributed by atoms with Crippen molar-refractivity contribution in [1.82, 2.24) is 6.15 Å². The van der Waals surface area contributed by atoms with Gasteiger partial charge in [0.2, 0.25) is 5.79 Å². The number of carbonyl (C=O) groups is 2. The first-order chi connectivity index (χ1) is 6.64. The van der Waals surface area contributed by atoms with Gasteiger partial charge in [-0.05, 0) is 0 Å². The zero-order chi connectivity index (χ0) is 11.9. The van der Waals surface area contributed by atoms with Gasteiger partial charge in [0.05, 0.1) is 6.42 Å². The van der Waals surface area contributed by atoms with E-state index in [2.05, 4.69) is 0 Å². The summed E-state index contributed by atoms with van der Waals surface area (Å²) in [7, 11) is 0. The van der Waals surface area contributed by atoms with Crippen molar-refractivity contribution in [1.29, 1.82) is 0 Å². The van der Waals surface area contributed by atoms with Crippen LogP contribution in [0.5, 0.6) is 0 Å². The first-order valence-corrected chi connectivity index (χ1v) is 3.85. The van der Waals surface area contributed by atoms with E-state index in [1.807, 2.05) is 0 Å². The molecule has 0 aromatic carbocycles. The molecule has 0 aliphatic carbocycles. The van der Waals surface area contributed by atoms with Crippen LogP contribution in [0.2, 0.25) is 0 Å². The van der Waals surface area contributed by atoms with E-state index in [1.165, 1.54) is 0 Å². The van der Waals surface area contributed by atoms with E-state index in [1.54, 1.807) is 6.92 Å². The molecule has 0 amide bonds. The summed E-state index contributed by atoms with van der Waals surface area (Å²) in [6.07, 6.45) is -4.58. The first-order valence-electron chi connectivity index (χ1n) is 3.85. The van der Waals surface area contributed by atoms with Crippen molar-refractivity contribution in [3.05, 3.63) is 0 Å². The van der Waals surface area contributed by atoms with Gasteiger partial charge in [-0.1, -0.05) is 0 Å². The molecule has 3 aliphatic rings. The molecular formula is C7H10F3NO5. The van der Waals surface area contributed by atoms with Crippen LogP contribution in [-0.2, 0) is 19.1 Å². The van der Waals surface area contributed by atoms with Gasteiger partial charge >= 0.3 is 18.1 Å². The molecule has 94 valence electrons. The first kappa shape index (κ1) is 14.6. The number of carbonyl (C=O) groups excluding carboxylic acids is 1. The van der Waals surface area contributed by atoms with Gasteiger partial charge < -0.3 is 20.7 Å². The molecule has 3 fully saturated rings. The zero-order valence-corrected chi connectivity index (χ0v) is 8.21. The van der Waals surface area contributed by atoms with Gasteiger partial charge in [-0.3, -0.25) is 0 Å². The molecule has 6 nitrogen and oxygen atoms in total. The number of carboxylic acids is 1. The van der Waals surface area contributed by atoms with Gasteiger partial charge in [-0.15, -0.1) is 0 Å². The summed E-state index contributed by atoms with van der Waals surface area (Å²) in [4.78, 5) is 19.4. The molecule has 3 aliphatic heterocycles. The fraction of sp³-hybridized carbons (Fsp3) is 0.714. The van der Waals surface area contributed by atoms with Crippen molar-refractivity contribution in [3.63, 3.8) is 0 Å². The maximum absolute atomic E-state index is 10.6. The molecule has 2 bridgehead atoms. The minimum atomic E-state index is -5.08. The average molecular weight is 245 g/mol. The minimum Gasteiger partial charge on any atom is -0.475 e. The number of hydrogen-bond acceptors (Lipinski definition) is 5. The topological polar surface area (TPSA) is 108 Å². The lowest BCUT2D eigenvalue weighted by Crippen LogP contribution is -2.39. The Kier molecular flexibility index (Phi) is 3.90. The second-order valence-corrected chi connectivity index (χ2v) is 3.17. The Labute approximate surface area is 87.9 Å². The van der Waals surface area contributed by atoms with Gasteiger partial charge in [0.25, 0.3) is 0 Å². The minimum absolute atomic E-state index is 0. The number of rotatable bonds is 0. The molecule has 0 saturated carbocycles. The molecular weight excluding hydrogens is 235 g/mol. The molecule has 2 unspecified atom stereocenters. The van der Waals surface area contributed by atoms with E-state index < -0.39 is 17.9 Å². The summed E-state index contributed by atoms with van der Waals surface area (Å²) >= 11 is 0. The van der Waals surface area contributed by atoms with Crippen LogP contribution in [0.4, 0.5) is 13.2 Å². The molecule has 0 aromatic heterocycles. The highest BCUT2D eigenvalue weighted by Crippen LogP contribution is 2.41. The van der Waals surface area contributed by atoms with E-state index in [4.69, 9.17) is 19.4 Å². The standard InChI is InChI=1S/C5H6O3.C2HF3O2.H3N/c1-5-2-3(7-5)4(6)8-5;3-2(4,5)1(6)7;/h3H,2H2,1H3;(H,6,7);1H3. The summed E-state index contributed by atoms with van der Waals surface area (Å²) in [6.45, 7) is 1.77. The largest absolute Gasteiger partial charge is 0.490 e. The van der Waals surface area contributed by atoms with Gasteiger partial charge in [0.1, 0.15) is 0 Å². The zero-order valence-electron chi connectivity index (χ0n) is 8.21. The van der Waals surface area contributed by atoms with Crippen molar-refractivity contribution in [2.45, 2.75) is 31.4 Å². The third-order valence-corrected chi connectivity index (χ3v) is 1.77. The molecule has 9 heteroatoms. The fourth-order valence-electron chi connectivity index (χ4n) is 1.10. The van der Waals surface area contributed by atoms with Gasteiger partial charge in [-0.2, -0.15) is 13.2 Å². The lowest BCUT2D eigenvalue weighted by Gasteiger charge is -2.28. The second kappa shape index (κ2) is 4.26. The van der Waals surface area contributed by atoms with Crippen LogP contribution >= 0.6 is 0 Å². The van der Waals surface area contributed by atoms with Crippen molar-refractivity contribution in [3.8, 4) is 0 Å². The predicted octanol–water partition coefficient (Wildman–Crippen LogP) is 0.844. The molecule has 4 N–H and O–H groups in total. The summed E-state index contributed by atoms with van der Waals surface area (Å²) in [5, 5.41) is 7.12. The van der Waals surface area contributed by atoms with Crippen LogP contribution < -0.4 is 6.15 Å². The molecule has 2 atom stereocenters. The summed E-state index contributed by atoms with van der Waals surface area (Å²) in [5.41, 5.74) is 0. The number of halogens is 3. The average Bonchev–Trinajstić information content (AvgIpc) is 2.38. The van der Waals surface area contributed by atoms with E-state index in [9.17, 15) is 18.0 Å². The summed E-state index contributed by atoms with van der Waals surface area (Å²) in [5.74, 6) is -3.50. The Balaban J connectivity index is 0.000000269. The van der Waals surface area contributed by atoms with Crippen molar-refractivity contribution in [2.24, 2.45) is 0 Å². The summed E-state index contributed by atoms with van der Waals surface area (Å²) < 4.78 is 41.5. The van der Waals surface area contributed by atoms with Gasteiger partial charge in [-0.25, -0.2) is 9.59 Å². The highest BCUT2D eigenvalue weighted by atomic mass is 19.4. The number of carboxylic acid groups (broad SMARTS) is 1. The molecule has 16 heavy (non-hydrogen) atoms. The number of fused-ring (bicyclic) bond motifs is 1. The predicted molar refractivity (Wildman–Crippen MR) is 42.7 cm³/mol. The van der Waals surface area contributed by atoms with Crippen LogP contribution in [0.1, 0.15) is 13.3 Å². The normalized spacial score (nSPS) is 30.2. The van der Waals surface area contributed by atoms with Crippen LogP contribution in [0, 0.1) is 0 Å². The van der Waals surface area contributed by atoms with Gasteiger partial charge in [0.15, 0.2) is 6.10 Å². The maximum atomic E-state index is 10.6. The Morgan fingerprint density at radius 1 is 1.56 bits per heavy atom. The van der Waals surface area contributed by atoms with Crippen LogP contribution in [0.25, 0.3) is 0 Å². The number of ether oxygens (including phenoxy) is 2. The smallest absolute Gasteiger partial charge is 0.475 e. The molecule has 0 aromatic rings. The van der Waals surface area contributed by atoms with E-state index in [-0.39, 0.29) is 18.2 Å². The Morgan fingerprint density at radius 2 is 1.94 bits per heavy atom. The Hall–Kier alpha value is -1.35. The quantitative estimate of drug-likeness (QED) is 0.612. The van der Waals surface area contributed by atoms with Crippen LogP contribution in [0.15, 0.2) is 0 Å². The highest BCUT2D eigenvalue weighted by molar-refractivity contribution is 5.79. The lowest BCUT2D eigenvalue weighted by atomic mass is 10.1. The third kappa shape index (κ3) is 3.07. The van der Waals surface area contributed by atoms with E-state index >= 15 is 0 Å². The molecule has 0 spiro atoms. The van der Waals surface area contributed by atoms with Gasteiger partial charge in [0, 0.05) is 6.92 Å². The van der Waals surface area contributed by atoms with E-state index in [0.717, 1.165) is 6.42 Å². The number of alkyl halides is 3. The number of esters is 1. The lowest BCUT2D eigenvalue weighted by molar-refractivity contribution is -0.227. The monoisotopic (exact) mass is 245 g/mol. The Morgan fingerprint density at radius 3 is 2.00 bits per heavy atom. The van der Waals surface area contributed by atoms with Crippen molar-refractivity contribution in [2.75, 3.05) is 0 Å². The molecule has 3 saturated heterocycles. The maximum Gasteiger partial charge on any atom is 0.490 e. The van der Waals surface area contributed by atoms with Crippen LogP contribution in [0.3, 0.4) is 0 Å². The summed E-state index contributed by atoms with van der Waals surface area (Å²) in [6, 6.07) is 0. The molecule has 3 rings (SSSR count). The van der Waals surface area contributed by atoms with E-state index in [0.29, 0.717) is 0 Å². The highest BCUT2D eigenvalue weighted by Gasteiger charge is 2.57. The SMILES string of the molecule is CC12CC(O1)C(=O)O2.N.O=C(O)C(F)(F)F. The molecule has 0 radical (unpaired) electrons. The fourth-order valence-corrected chi connectivity index (χ4v) is 1.10. The Bertz CT molecular complexity index is 297. The van der Waals surface area contributed by atoms with Crippen molar-refractivity contribution < 1.29 is 37.3 Å².